The molecule has 0 N–H and O–H groups in total. The van der Waals surface area contributed by atoms with E-state index < -0.39 is 35.2 Å². The molecule has 0 bridgehead atoms. The van der Waals surface area contributed by atoms with Crippen molar-refractivity contribution in [1.29, 1.82) is 0 Å². The maximum Gasteiger partial charge on any atom is 0.323 e. The van der Waals surface area contributed by atoms with E-state index in [0.29, 0.717) is 0 Å². The second-order valence-electron chi connectivity index (χ2n) is 5.07. The lowest BCUT2D eigenvalue weighted by Gasteiger charge is -2.25. The van der Waals surface area contributed by atoms with Gasteiger partial charge in [-0.3, -0.25) is 19.2 Å². The SMILES string of the molecule is C=CCC(C/C=C/CC(C(=O)OC)C(=O)OC)(C(=O)OC)C(=O)OC. The minimum absolute atomic E-state index is 0.00805. The fourth-order valence-electron chi connectivity index (χ4n) is 2.23. The summed E-state index contributed by atoms with van der Waals surface area (Å²) in [5, 5.41) is 0. The summed E-state index contributed by atoms with van der Waals surface area (Å²) in [6.07, 6.45) is 4.35. The van der Waals surface area contributed by atoms with Gasteiger partial charge in [-0.15, -0.1) is 6.58 Å². The predicted octanol–water partition coefficient (Wildman–Crippen LogP) is 1.19. The summed E-state index contributed by atoms with van der Waals surface area (Å²) in [5.74, 6) is -4.14. The highest BCUT2D eigenvalue weighted by Gasteiger charge is 2.46. The van der Waals surface area contributed by atoms with Gasteiger partial charge < -0.3 is 18.9 Å². The van der Waals surface area contributed by atoms with E-state index in [-0.39, 0.29) is 19.3 Å². The van der Waals surface area contributed by atoms with E-state index in [1.165, 1.54) is 18.2 Å². The van der Waals surface area contributed by atoms with Crippen molar-refractivity contribution >= 4 is 23.9 Å². The number of hydrogen-bond acceptors (Lipinski definition) is 8. The van der Waals surface area contributed by atoms with Crippen molar-refractivity contribution in [3.05, 3.63) is 24.8 Å². The molecule has 140 valence electrons. The van der Waals surface area contributed by atoms with E-state index in [2.05, 4.69) is 16.1 Å². The van der Waals surface area contributed by atoms with E-state index in [1.54, 1.807) is 0 Å². The normalized spacial score (nSPS) is 11.1. The molecule has 0 spiro atoms. The largest absolute Gasteiger partial charge is 0.468 e. The Morgan fingerprint density at radius 3 is 1.68 bits per heavy atom. The third-order valence-electron chi connectivity index (χ3n) is 3.62. The van der Waals surface area contributed by atoms with Crippen LogP contribution in [-0.2, 0) is 38.1 Å². The number of esters is 4. The number of allylic oxidation sites excluding steroid dienone is 3. The smallest absolute Gasteiger partial charge is 0.323 e. The highest BCUT2D eigenvalue weighted by Crippen LogP contribution is 2.31. The fraction of sp³-hybridized carbons (Fsp3) is 0.529. The molecule has 0 aliphatic heterocycles. The van der Waals surface area contributed by atoms with Crippen molar-refractivity contribution < 1.29 is 38.1 Å². The summed E-state index contributed by atoms with van der Waals surface area (Å²) < 4.78 is 18.5. The first-order valence-corrected chi connectivity index (χ1v) is 7.43. The standard InChI is InChI=1S/C17H24O8/c1-6-10-17(15(20)24-4,16(21)25-5)11-8-7-9-12(13(18)22-2)14(19)23-3/h6-8,12H,1,9-11H2,2-5H3/b8-7+. The van der Waals surface area contributed by atoms with Crippen molar-refractivity contribution in [3.63, 3.8) is 0 Å². The van der Waals surface area contributed by atoms with Gasteiger partial charge in [-0.1, -0.05) is 18.2 Å². The molecule has 0 saturated carbocycles. The molecule has 0 radical (unpaired) electrons. The van der Waals surface area contributed by atoms with Gasteiger partial charge in [-0.25, -0.2) is 0 Å². The van der Waals surface area contributed by atoms with Gasteiger partial charge in [0.1, 0.15) is 0 Å². The van der Waals surface area contributed by atoms with Crippen molar-refractivity contribution in [2.75, 3.05) is 28.4 Å². The Labute approximate surface area is 146 Å². The Morgan fingerprint density at radius 1 is 0.840 bits per heavy atom. The molecule has 0 aliphatic rings. The molecule has 0 rings (SSSR count). The summed E-state index contributed by atoms with van der Waals surface area (Å²) >= 11 is 0. The molecule has 0 aliphatic carbocycles. The van der Waals surface area contributed by atoms with Gasteiger partial charge in [0.2, 0.25) is 0 Å². The van der Waals surface area contributed by atoms with E-state index in [9.17, 15) is 19.2 Å². The first-order chi connectivity index (χ1) is 11.8. The van der Waals surface area contributed by atoms with E-state index in [4.69, 9.17) is 9.47 Å². The van der Waals surface area contributed by atoms with Gasteiger partial charge in [0.25, 0.3) is 0 Å². The molecule has 0 saturated heterocycles. The van der Waals surface area contributed by atoms with Crippen LogP contribution in [-0.4, -0.2) is 52.3 Å². The first-order valence-electron chi connectivity index (χ1n) is 7.43. The maximum absolute atomic E-state index is 12.1. The summed E-state index contributed by atoms with van der Waals surface area (Å²) in [5.41, 5.74) is -1.58. The molecule has 8 heteroatoms. The maximum atomic E-state index is 12.1. The average Bonchev–Trinajstić information content (AvgIpc) is 2.64. The van der Waals surface area contributed by atoms with E-state index in [0.717, 1.165) is 28.4 Å². The molecule has 0 heterocycles. The van der Waals surface area contributed by atoms with Crippen LogP contribution in [0.3, 0.4) is 0 Å². The molecule has 0 aromatic rings. The summed E-state index contributed by atoms with van der Waals surface area (Å²) in [7, 11) is 4.64. The van der Waals surface area contributed by atoms with Gasteiger partial charge >= 0.3 is 23.9 Å². The molecule has 25 heavy (non-hydrogen) atoms. The summed E-state index contributed by atoms with van der Waals surface area (Å²) in [6.45, 7) is 3.54. The van der Waals surface area contributed by atoms with Crippen molar-refractivity contribution in [1.82, 2.24) is 0 Å². The van der Waals surface area contributed by atoms with E-state index in [1.807, 2.05) is 0 Å². The zero-order valence-electron chi connectivity index (χ0n) is 14.9. The topological polar surface area (TPSA) is 105 Å². The third-order valence-corrected chi connectivity index (χ3v) is 3.62. The minimum Gasteiger partial charge on any atom is -0.468 e. The molecule has 0 atom stereocenters. The van der Waals surface area contributed by atoms with Gasteiger partial charge in [0, 0.05) is 0 Å². The van der Waals surface area contributed by atoms with Crippen molar-refractivity contribution in [3.8, 4) is 0 Å². The van der Waals surface area contributed by atoms with Crippen LogP contribution in [0.15, 0.2) is 24.8 Å². The van der Waals surface area contributed by atoms with Crippen LogP contribution < -0.4 is 0 Å². The quantitative estimate of drug-likeness (QED) is 0.249. The lowest BCUT2D eigenvalue weighted by atomic mass is 9.80. The molecule has 0 aromatic heterocycles. The summed E-state index contributed by atoms with van der Waals surface area (Å²) in [6, 6.07) is 0. The number of carbonyl (C=O) groups is 4. The molecule has 0 fully saturated rings. The Hall–Kier alpha value is -2.64. The second kappa shape index (κ2) is 11.0. The van der Waals surface area contributed by atoms with Crippen molar-refractivity contribution in [2.45, 2.75) is 19.3 Å². The van der Waals surface area contributed by atoms with Crippen LogP contribution in [0.5, 0.6) is 0 Å². The number of methoxy groups -OCH3 is 4. The molecule has 0 amide bonds. The predicted molar refractivity (Wildman–Crippen MR) is 87.2 cm³/mol. The Balaban J connectivity index is 5.32. The van der Waals surface area contributed by atoms with Crippen molar-refractivity contribution in [2.24, 2.45) is 11.3 Å². The van der Waals surface area contributed by atoms with Crippen LogP contribution in [0, 0.1) is 11.3 Å². The monoisotopic (exact) mass is 356 g/mol. The molecule has 8 nitrogen and oxygen atoms in total. The molecular formula is C17H24O8. The minimum atomic E-state index is -1.58. The fourth-order valence-corrected chi connectivity index (χ4v) is 2.23. The second-order valence-corrected chi connectivity index (χ2v) is 5.07. The Kier molecular flexibility index (Phi) is 9.85. The first kappa shape index (κ1) is 22.4. The number of ether oxygens (including phenoxy) is 4. The molecule has 0 aromatic carbocycles. The van der Waals surface area contributed by atoms with Gasteiger partial charge in [-0.05, 0) is 19.3 Å². The molecule has 0 unspecified atom stereocenters. The van der Waals surface area contributed by atoms with Crippen LogP contribution in [0.1, 0.15) is 19.3 Å². The van der Waals surface area contributed by atoms with Crippen LogP contribution in [0.4, 0.5) is 0 Å². The average molecular weight is 356 g/mol. The Bertz CT molecular complexity index is 503. The number of hydrogen-bond donors (Lipinski definition) is 0. The molecular weight excluding hydrogens is 332 g/mol. The zero-order valence-corrected chi connectivity index (χ0v) is 14.9. The van der Waals surface area contributed by atoms with Crippen LogP contribution >= 0.6 is 0 Å². The van der Waals surface area contributed by atoms with Gasteiger partial charge in [-0.2, -0.15) is 0 Å². The Morgan fingerprint density at radius 2 is 1.32 bits per heavy atom. The number of rotatable bonds is 10. The highest BCUT2D eigenvalue weighted by atomic mass is 16.6. The van der Waals surface area contributed by atoms with Crippen LogP contribution in [0.2, 0.25) is 0 Å². The lowest BCUT2D eigenvalue weighted by Crippen LogP contribution is -2.40. The van der Waals surface area contributed by atoms with Crippen LogP contribution in [0.25, 0.3) is 0 Å². The summed E-state index contributed by atoms with van der Waals surface area (Å²) in [4.78, 5) is 47.4. The van der Waals surface area contributed by atoms with Gasteiger partial charge in [0.15, 0.2) is 11.3 Å². The van der Waals surface area contributed by atoms with E-state index >= 15 is 0 Å². The zero-order chi connectivity index (χ0) is 19.5. The lowest BCUT2D eigenvalue weighted by molar-refractivity contribution is -0.169. The number of carbonyl (C=O) groups excluding carboxylic acids is 4. The van der Waals surface area contributed by atoms with Gasteiger partial charge in [0.05, 0.1) is 28.4 Å². The highest BCUT2D eigenvalue weighted by molar-refractivity contribution is 6.00. The third kappa shape index (κ3) is 5.74.